The number of nitrogens with zero attached hydrogens (tertiary/aromatic N) is 1. The number of hydrogen-bond acceptors (Lipinski definition) is 4. The summed E-state index contributed by atoms with van der Waals surface area (Å²) in [6.07, 6.45) is -13.0. The molecule has 0 bridgehead atoms. The first-order valence-electron chi connectivity index (χ1n) is 7.46. The first kappa shape index (κ1) is 19.6. The molecule has 148 valence electrons. The molecular formula is C15H11ClF6N2O3. The third-order valence-corrected chi connectivity index (χ3v) is 4.39. The molecule has 0 amide bonds. The number of nitrogens with one attached hydrogen (secondary N) is 1. The number of benzene rings is 1. The number of fused-ring (bicyclic) bond motifs is 3. The van der Waals surface area contributed by atoms with Crippen LogP contribution in [0.1, 0.15) is 0 Å². The van der Waals surface area contributed by atoms with Gasteiger partial charge in [0.2, 0.25) is 5.56 Å². The van der Waals surface area contributed by atoms with Gasteiger partial charge in [-0.1, -0.05) is 11.6 Å². The van der Waals surface area contributed by atoms with Gasteiger partial charge in [0.25, 0.3) is 0 Å². The molecule has 5 nitrogen and oxygen atoms in total. The Kier molecular flexibility index (Phi) is 4.71. The number of β-amino-alcohol motifs (C(OH)–C–C–N with tert-alkyl or cyclic N) is 1. The molecule has 1 aromatic heterocycles. The molecule has 3 rings (SSSR count). The Hall–Kier alpha value is -2.14. The van der Waals surface area contributed by atoms with E-state index in [9.17, 15) is 36.2 Å². The van der Waals surface area contributed by atoms with E-state index in [1.807, 2.05) is 0 Å². The Balaban J connectivity index is 2.17. The van der Waals surface area contributed by atoms with Crippen molar-refractivity contribution in [2.75, 3.05) is 18.1 Å². The maximum atomic E-state index is 13.3. The summed E-state index contributed by atoms with van der Waals surface area (Å²) in [6.45, 7) is -2.35. The molecule has 0 saturated carbocycles. The fourth-order valence-corrected chi connectivity index (χ4v) is 3.13. The number of aliphatic hydroxyl groups excluding tert-OH is 1. The summed E-state index contributed by atoms with van der Waals surface area (Å²) in [5.74, 6) is -0.205. The molecule has 2 aromatic rings. The molecule has 0 aliphatic carbocycles. The lowest BCUT2D eigenvalue weighted by Gasteiger charge is -2.40. The van der Waals surface area contributed by atoms with Crippen molar-refractivity contribution >= 4 is 28.2 Å². The van der Waals surface area contributed by atoms with Gasteiger partial charge in [0.1, 0.15) is 6.61 Å². The number of aromatic nitrogens is 1. The van der Waals surface area contributed by atoms with Crippen LogP contribution in [-0.4, -0.2) is 47.7 Å². The number of halogens is 7. The quantitative estimate of drug-likeness (QED) is 0.738. The maximum Gasteiger partial charge on any atom is 0.416 e. The number of H-pyrrole nitrogens is 1. The highest BCUT2D eigenvalue weighted by Crippen LogP contribution is 2.45. The maximum absolute atomic E-state index is 13.3. The van der Waals surface area contributed by atoms with E-state index in [4.69, 9.17) is 16.3 Å². The predicted molar refractivity (Wildman–Crippen MR) is 84.3 cm³/mol. The lowest BCUT2D eigenvalue weighted by atomic mass is 10.1. The van der Waals surface area contributed by atoms with Gasteiger partial charge in [-0.15, -0.1) is 0 Å². The SMILES string of the molecule is O=c1cc(Cl)c2c3c(ccc2[nH]1)N(CC(O)C(F)(F)F)[C@@H](C(F)(F)F)CO3. The van der Waals surface area contributed by atoms with Crippen LogP contribution in [0.3, 0.4) is 0 Å². The number of ether oxygens (including phenoxy) is 1. The van der Waals surface area contributed by atoms with Crippen molar-refractivity contribution in [1.29, 1.82) is 0 Å². The third kappa shape index (κ3) is 3.65. The number of aromatic amines is 1. The van der Waals surface area contributed by atoms with Crippen molar-refractivity contribution in [3.63, 3.8) is 0 Å². The second-order valence-electron chi connectivity index (χ2n) is 5.90. The van der Waals surface area contributed by atoms with Crippen LogP contribution in [0.4, 0.5) is 32.0 Å². The van der Waals surface area contributed by atoms with E-state index in [2.05, 4.69) is 4.98 Å². The Labute approximate surface area is 152 Å². The van der Waals surface area contributed by atoms with Gasteiger partial charge in [-0.25, -0.2) is 0 Å². The minimum absolute atomic E-state index is 0.0564. The van der Waals surface area contributed by atoms with Crippen molar-refractivity contribution in [2.24, 2.45) is 0 Å². The van der Waals surface area contributed by atoms with Crippen molar-refractivity contribution in [1.82, 2.24) is 4.98 Å². The van der Waals surface area contributed by atoms with Gasteiger partial charge in [0.05, 0.1) is 28.2 Å². The fraction of sp³-hybridized carbons (Fsp3) is 0.400. The summed E-state index contributed by atoms with van der Waals surface area (Å²) in [6, 6.07) is 0.848. The monoisotopic (exact) mass is 416 g/mol. The number of hydrogen-bond donors (Lipinski definition) is 2. The predicted octanol–water partition coefficient (Wildman–Crippen LogP) is 3.23. The van der Waals surface area contributed by atoms with E-state index < -0.39 is 43.2 Å². The second-order valence-corrected chi connectivity index (χ2v) is 6.30. The highest BCUT2D eigenvalue weighted by atomic mass is 35.5. The van der Waals surface area contributed by atoms with E-state index in [0.717, 1.165) is 12.1 Å². The molecule has 0 saturated heterocycles. The Morgan fingerprint density at radius 3 is 2.56 bits per heavy atom. The zero-order valence-corrected chi connectivity index (χ0v) is 13.9. The Morgan fingerprint density at radius 1 is 1.30 bits per heavy atom. The van der Waals surface area contributed by atoms with Gasteiger partial charge in [0, 0.05) is 6.07 Å². The molecular weight excluding hydrogens is 406 g/mol. The van der Waals surface area contributed by atoms with Crippen molar-refractivity contribution < 1.29 is 36.2 Å². The van der Waals surface area contributed by atoms with E-state index in [-0.39, 0.29) is 27.4 Å². The smallest absolute Gasteiger partial charge is 0.416 e. The van der Waals surface area contributed by atoms with Crippen LogP contribution in [0.5, 0.6) is 5.75 Å². The largest absolute Gasteiger partial charge is 0.488 e. The van der Waals surface area contributed by atoms with E-state index in [1.54, 1.807) is 0 Å². The summed E-state index contributed by atoms with van der Waals surface area (Å²) in [4.78, 5) is 14.3. The molecule has 2 N–H and O–H groups in total. The van der Waals surface area contributed by atoms with E-state index in [1.165, 1.54) is 6.07 Å². The number of alkyl halides is 6. The van der Waals surface area contributed by atoms with Gasteiger partial charge >= 0.3 is 12.4 Å². The molecule has 0 fully saturated rings. The van der Waals surface area contributed by atoms with Crippen LogP contribution >= 0.6 is 11.6 Å². The molecule has 1 aromatic carbocycles. The molecule has 2 heterocycles. The van der Waals surface area contributed by atoms with Crippen LogP contribution in [0.25, 0.3) is 10.9 Å². The zero-order chi connectivity index (χ0) is 20.1. The first-order chi connectivity index (χ1) is 12.4. The fourth-order valence-electron chi connectivity index (χ4n) is 2.85. The molecule has 1 aliphatic rings. The molecule has 0 radical (unpaired) electrons. The van der Waals surface area contributed by atoms with Crippen molar-refractivity contribution in [3.05, 3.63) is 33.6 Å². The lowest BCUT2D eigenvalue weighted by molar-refractivity contribution is -0.204. The molecule has 2 atom stereocenters. The molecule has 12 heteroatoms. The normalized spacial score (nSPS) is 19.0. The summed E-state index contributed by atoms with van der Waals surface area (Å²) in [5.41, 5.74) is -0.748. The van der Waals surface area contributed by atoms with Crippen LogP contribution in [0.15, 0.2) is 23.0 Å². The molecule has 27 heavy (non-hydrogen) atoms. The van der Waals surface area contributed by atoms with Crippen LogP contribution in [0, 0.1) is 0 Å². The van der Waals surface area contributed by atoms with Crippen LogP contribution in [0.2, 0.25) is 5.02 Å². The van der Waals surface area contributed by atoms with Gasteiger partial charge < -0.3 is 19.7 Å². The Morgan fingerprint density at radius 2 is 1.96 bits per heavy atom. The summed E-state index contributed by atoms with van der Waals surface area (Å²) in [7, 11) is 0. The number of anilines is 1. The third-order valence-electron chi connectivity index (χ3n) is 4.09. The molecule has 0 spiro atoms. The molecule has 1 unspecified atom stereocenters. The Bertz CT molecular complexity index is 927. The number of aliphatic hydroxyl groups is 1. The van der Waals surface area contributed by atoms with Gasteiger partial charge in [-0.3, -0.25) is 4.79 Å². The minimum atomic E-state index is -5.10. The van der Waals surface area contributed by atoms with Crippen LogP contribution < -0.4 is 15.2 Å². The summed E-state index contributed by atoms with van der Waals surface area (Å²) in [5, 5.41) is 9.23. The summed E-state index contributed by atoms with van der Waals surface area (Å²) < 4.78 is 83.3. The van der Waals surface area contributed by atoms with Gasteiger partial charge in [-0.05, 0) is 12.1 Å². The molecule has 1 aliphatic heterocycles. The summed E-state index contributed by atoms with van der Waals surface area (Å²) >= 11 is 5.98. The van der Waals surface area contributed by atoms with Crippen molar-refractivity contribution in [2.45, 2.75) is 24.5 Å². The topological polar surface area (TPSA) is 65.6 Å². The van der Waals surface area contributed by atoms with Gasteiger partial charge in [-0.2, -0.15) is 26.3 Å². The number of rotatable bonds is 2. The second kappa shape index (κ2) is 6.48. The first-order valence-corrected chi connectivity index (χ1v) is 7.84. The minimum Gasteiger partial charge on any atom is -0.488 e. The highest BCUT2D eigenvalue weighted by molar-refractivity contribution is 6.36. The van der Waals surface area contributed by atoms with Crippen molar-refractivity contribution in [3.8, 4) is 5.75 Å². The van der Waals surface area contributed by atoms with Gasteiger partial charge in [0.15, 0.2) is 17.9 Å². The average Bonchev–Trinajstić information content (AvgIpc) is 2.51. The zero-order valence-electron chi connectivity index (χ0n) is 13.2. The van der Waals surface area contributed by atoms with E-state index in [0.29, 0.717) is 4.90 Å². The van der Waals surface area contributed by atoms with E-state index >= 15 is 0 Å². The number of pyridine rings is 1. The average molecular weight is 417 g/mol. The highest BCUT2D eigenvalue weighted by Gasteiger charge is 2.50. The van der Waals surface area contributed by atoms with Crippen LogP contribution in [-0.2, 0) is 0 Å². The standard InChI is InChI=1S/C15H11ClF6N2O3/c16-6-3-11(26)23-7-1-2-8-13(12(6)7)27-5-9(14(17,18)19)24(8)4-10(25)15(20,21)22/h1-3,9-10,25H,4-5H2,(H,23,26)/t9-,10?/m1/s1. The lowest BCUT2D eigenvalue weighted by Crippen LogP contribution is -2.55.